The molecule has 2 aromatic rings. The number of thiazole rings is 1. The highest BCUT2D eigenvalue weighted by atomic mass is 32.1. The Bertz CT molecular complexity index is 771. The van der Waals surface area contributed by atoms with Crippen molar-refractivity contribution in [2.45, 2.75) is 19.9 Å². The molecule has 1 aliphatic rings. The van der Waals surface area contributed by atoms with Gasteiger partial charge in [0.1, 0.15) is 6.04 Å². The van der Waals surface area contributed by atoms with Crippen LogP contribution in [0, 0.1) is 6.92 Å². The molecule has 0 aliphatic carbocycles. The Labute approximate surface area is 137 Å². The number of hydrogen-bond acceptors (Lipinski definition) is 6. The van der Waals surface area contributed by atoms with Crippen LogP contribution in [0.25, 0.3) is 0 Å². The Hall–Kier alpha value is -2.74. The zero-order valence-corrected chi connectivity index (χ0v) is 13.4. The number of aryl methyl sites for hydroxylation is 1. The van der Waals surface area contributed by atoms with Gasteiger partial charge in [-0.2, -0.15) is 0 Å². The zero-order chi connectivity index (χ0) is 16.4. The summed E-state index contributed by atoms with van der Waals surface area (Å²) in [6, 6.07) is 8.41. The van der Waals surface area contributed by atoms with Crippen molar-refractivity contribution in [1.29, 1.82) is 0 Å². The van der Waals surface area contributed by atoms with Crippen molar-refractivity contribution < 1.29 is 9.59 Å². The largest absolute Gasteiger partial charge is 0.295 e. The molecule has 1 aliphatic heterocycles. The lowest BCUT2D eigenvalue weighted by molar-refractivity contribution is -0.120. The van der Waals surface area contributed by atoms with Gasteiger partial charge in [-0.1, -0.05) is 18.2 Å². The minimum absolute atomic E-state index is 0.0776. The van der Waals surface area contributed by atoms with Gasteiger partial charge in [0.15, 0.2) is 5.13 Å². The molecule has 1 aromatic carbocycles. The van der Waals surface area contributed by atoms with Crippen LogP contribution in [-0.4, -0.2) is 28.7 Å². The summed E-state index contributed by atoms with van der Waals surface area (Å²) in [7, 11) is 0. The number of hydrogen-bond donors (Lipinski definition) is 2. The lowest BCUT2D eigenvalue weighted by Crippen LogP contribution is -2.57. The molecule has 7 nitrogen and oxygen atoms in total. The summed E-state index contributed by atoms with van der Waals surface area (Å²) in [6.07, 6.45) is 1.68. The van der Waals surface area contributed by atoms with Gasteiger partial charge in [-0.05, 0) is 26.0 Å². The van der Waals surface area contributed by atoms with E-state index < -0.39 is 11.9 Å². The molecule has 0 unspecified atom stereocenters. The summed E-state index contributed by atoms with van der Waals surface area (Å²) in [4.78, 5) is 33.8. The molecule has 118 valence electrons. The minimum Gasteiger partial charge on any atom is -0.295 e. The maximum atomic E-state index is 12.3. The van der Waals surface area contributed by atoms with Crippen LogP contribution >= 0.6 is 11.3 Å². The number of hydrazine groups is 1. The number of nitrogens with zero attached hydrogens (tertiary/aromatic N) is 3. The summed E-state index contributed by atoms with van der Waals surface area (Å²) in [5.41, 5.74) is 3.42. The van der Waals surface area contributed by atoms with Gasteiger partial charge >= 0.3 is 0 Å². The van der Waals surface area contributed by atoms with Crippen LogP contribution in [0.5, 0.6) is 0 Å². The molecule has 23 heavy (non-hydrogen) atoms. The van der Waals surface area contributed by atoms with Crippen molar-refractivity contribution in [3.05, 3.63) is 41.4 Å². The molecule has 0 spiro atoms. The molecule has 1 aromatic heterocycles. The number of benzene rings is 1. The van der Waals surface area contributed by atoms with E-state index in [-0.39, 0.29) is 11.7 Å². The molecule has 8 heteroatoms. The molecule has 3 rings (SSSR count). The number of carbonyl (C=O) groups is 2. The van der Waals surface area contributed by atoms with E-state index in [1.54, 1.807) is 25.3 Å². The van der Waals surface area contributed by atoms with Gasteiger partial charge in [0.2, 0.25) is 5.84 Å². The van der Waals surface area contributed by atoms with Crippen LogP contribution in [0.15, 0.2) is 41.5 Å². The third-order valence-corrected chi connectivity index (χ3v) is 4.02. The maximum absolute atomic E-state index is 12.3. The van der Waals surface area contributed by atoms with Crippen LogP contribution in [0.4, 0.5) is 10.8 Å². The predicted molar refractivity (Wildman–Crippen MR) is 89.4 cm³/mol. The molecule has 0 radical (unpaired) electrons. The predicted octanol–water partition coefficient (Wildman–Crippen LogP) is 1.73. The number of aliphatic imine (C=N–C) groups is 1. The summed E-state index contributed by atoms with van der Waals surface area (Å²) in [6.45, 7) is 3.56. The highest BCUT2D eigenvalue weighted by Gasteiger charge is 2.30. The fourth-order valence-corrected chi connectivity index (χ4v) is 2.73. The number of carbonyl (C=O) groups excluding carboxylic acids is 2. The van der Waals surface area contributed by atoms with E-state index in [1.165, 1.54) is 16.3 Å². The summed E-state index contributed by atoms with van der Waals surface area (Å²) in [5, 5.41) is 4.50. The van der Waals surface area contributed by atoms with Crippen LogP contribution in [0.1, 0.15) is 11.8 Å². The lowest BCUT2D eigenvalue weighted by Gasteiger charge is -2.30. The first kappa shape index (κ1) is 15.2. The maximum Gasteiger partial charge on any atom is 0.294 e. The number of amides is 2. The first-order valence-corrected chi connectivity index (χ1v) is 7.83. The molecule has 2 N–H and O–H groups in total. The van der Waals surface area contributed by atoms with Gasteiger partial charge in [-0.3, -0.25) is 20.3 Å². The normalized spacial score (nSPS) is 17.5. The molecule has 0 bridgehead atoms. The number of rotatable bonds is 3. The molecule has 2 heterocycles. The van der Waals surface area contributed by atoms with Gasteiger partial charge in [-0.15, -0.1) is 11.3 Å². The van der Waals surface area contributed by atoms with E-state index in [1.807, 2.05) is 25.1 Å². The highest BCUT2D eigenvalue weighted by Crippen LogP contribution is 2.18. The van der Waals surface area contributed by atoms with Crippen LogP contribution in [0.2, 0.25) is 0 Å². The second-order valence-corrected chi connectivity index (χ2v) is 6.24. The van der Waals surface area contributed by atoms with E-state index in [2.05, 4.69) is 20.7 Å². The number of anilines is 2. The summed E-state index contributed by atoms with van der Waals surface area (Å²) >= 11 is 1.37. The lowest BCUT2D eigenvalue weighted by atomic mass is 10.2. The van der Waals surface area contributed by atoms with Gasteiger partial charge in [0, 0.05) is 11.1 Å². The van der Waals surface area contributed by atoms with Crippen molar-refractivity contribution >= 4 is 39.8 Å². The van der Waals surface area contributed by atoms with E-state index in [9.17, 15) is 9.59 Å². The van der Waals surface area contributed by atoms with Crippen molar-refractivity contribution in [2.24, 2.45) is 4.99 Å². The Morgan fingerprint density at radius 1 is 1.35 bits per heavy atom. The Morgan fingerprint density at radius 3 is 2.74 bits per heavy atom. The highest BCUT2D eigenvalue weighted by molar-refractivity contribution is 7.15. The van der Waals surface area contributed by atoms with Crippen molar-refractivity contribution in [3.63, 3.8) is 0 Å². The monoisotopic (exact) mass is 329 g/mol. The molecule has 0 fully saturated rings. The fraction of sp³-hybridized carbons (Fsp3) is 0.200. The third-order valence-electron chi connectivity index (χ3n) is 3.19. The molecule has 2 amide bonds. The van der Waals surface area contributed by atoms with Gasteiger partial charge in [0.25, 0.3) is 11.8 Å². The number of amidine groups is 1. The average Bonchev–Trinajstić information content (AvgIpc) is 2.95. The van der Waals surface area contributed by atoms with E-state index in [0.29, 0.717) is 10.8 Å². The standard InChI is InChI=1S/C15H15N5O2S/c1-9-8-16-15(23-9)18-13(21)12-17-10(2)14(22)20(19-12)11-6-4-3-5-7-11/h3-8,10H,1-2H3,(H,17,19)(H,16,18,21)/t10-/m0/s1. The molecule has 0 saturated carbocycles. The minimum atomic E-state index is -0.643. The molecular weight excluding hydrogens is 314 g/mol. The molecule has 0 saturated heterocycles. The molecular formula is C15H15N5O2S. The Balaban J connectivity index is 1.81. The molecule has 1 atom stereocenters. The first-order valence-electron chi connectivity index (χ1n) is 7.02. The average molecular weight is 329 g/mol. The van der Waals surface area contributed by atoms with Crippen molar-refractivity contribution in [2.75, 3.05) is 10.3 Å². The third kappa shape index (κ3) is 3.21. The number of aromatic nitrogens is 1. The van der Waals surface area contributed by atoms with Gasteiger partial charge in [-0.25, -0.2) is 15.0 Å². The van der Waals surface area contributed by atoms with E-state index >= 15 is 0 Å². The van der Waals surface area contributed by atoms with Crippen molar-refractivity contribution in [1.82, 2.24) is 10.4 Å². The zero-order valence-electron chi connectivity index (χ0n) is 12.6. The summed E-state index contributed by atoms with van der Waals surface area (Å²) in [5.74, 6) is -0.578. The first-order chi connectivity index (χ1) is 11.0. The SMILES string of the molecule is Cc1cnc(NC(=O)C2=N[C@@H](C)C(=O)N(c3ccccc3)N2)s1. The topological polar surface area (TPSA) is 86.7 Å². The number of para-hydroxylation sites is 1. The van der Waals surface area contributed by atoms with Crippen molar-refractivity contribution in [3.8, 4) is 0 Å². The quantitative estimate of drug-likeness (QED) is 0.898. The second-order valence-electron chi connectivity index (χ2n) is 5.00. The van der Waals surface area contributed by atoms with Crippen LogP contribution < -0.4 is 15.8 Å². The van der Waals surface area contributed by atoms with E-state index in [0.717, 1.165) is 4.88 Å². The van der Waals surface area contributed by atoms with E-state index in [4.69, 9.17) is 0 Å². The van der Waals surface area contributed by atoms with Gasteiger partial charge in [0.05, 0.1) is 5.69 Å². The number of nitrogens with one attached hydrogen (secondary N) is 2. The van der Waals surface area contributed by atoms with Crippen LogP contribution in [-0.2, 0) is 9.59 Å². The van der Waals surface area contributed by atoms with Gasteiger partial charge < -0.3 is 0 Å². The van der Waals surface area contributed by atoms with Crippen LogP contribution in [0.3, 0.4) is 0 Å². The second kappa shape index (κ2) is 6.17. The smallest absolute Gasteiger partial charge is 0.294 e. The summed E-state index contributed by atoms with van der Waals surface area (Å²) < 4.78 is 0. The Kier molecular flexibility index (Phi) is 4.07. The fourth-order valence-electron chi connectivity index (χ4n) is 2.07. The Morgan fingerprint density at radius 2 is 2.09 bits per heavy atom.